The predicted octanol–water partition coefficient (Wildman–Crippen LogP) is 0.775. The zero-order valence-electron chi connectivity index (χ0n) is 12.1. The largest absolute Gasteiger partial charge is 0.353 e. The van der Waals surface area contributed by atoms with Crippen LogP contribution in [-0.4, -0.2) is 41.4 Å². The Morgan fingerprint density at radius 2 is 2.10 bits per heavy atom. The van der Waals surface area contributed by atoms with Crippen LogP contribution in [0.1, 0.15) is 51.4 Å². The lowest BCUT2D eigenvalue weighted by molar-refractivity contribution is -0.135. The van der Waals surface area contributed by atoms with Crippen molar-refractivity contribution in [3.05, 3.63) is 0 Å². The molecule has 3 fully saturated rings. The van der Waals surface area contributed by atoms with Crippen LogP contribution >= 0.6 is 0 Å². The maximum atomic E-state index is 12.5. The van der Waals surface area contributed by atoms with Crippen LogP contribution in [0.15, 0.2) is 0 Å². The Bertz CT molecular complexity index is 404. The van der Waals surface area contributed by atoms with Gasteiger partial charge in [-0.25, -0.2) is 0 Å². The monoisotopic (exact) mass is 279 g/mol. The third-order valence-electron chi connectivity index (χ3n) is 5.28. The van der Waals surface area contributed by atoms with E-state index in [1.165, 1.54) is 0 Å². The van der Waals surface area contributed by atoms with Crippen molar-refractivity contribution < 1.29 is 9.59 Å². The highest BCUT2D eigenvalue weighted by Gasteiger charge is 2.38. The van der Waals surface area contributed by atoms with E-state index in [9.17, 15) is 9.59 Å². The van der Waals surface area contributed by atoms with Gasteiger partial charge in [-0.1, -0.05) is 12.8 Å². The topological polar surface area (TPSA) is 75.4 Å². The molecule has 5 heteroatoms. The van der Waals surface area contributed by atoms with Crippen molar-refractivity contribution >= 4 is 11.8 Å². The van der Waals surface area contributed by atoms with Crippen LogP contribution in [0.5, 0.6) is 0 Å². The Labute approximate surface area is 120 Å². The number of nitrogens with one attached hydrogen (secondary N) is 1. The summed E-state index contributed by atoms with van der Waals surface area (Å²) in [7, 11) is 0. The minimum Gasteiger partial charge on any atom is -0.353 e. The summed E-state index contributed by atoms with van der Waals surface area (Å²) in [4.78, 5) is 25.8. The van der Waals surface area contributed by atoms with Crippen molar-refractivity contribution in [3.63, 3.8) is 0 Å². The molecule has 1 saturated carbocycles. The maximum Gasteiger partial charge on any atom is 0.224 e. The molecular weight excluding hydrogens is 254 g/mol. The van der Waals surface area contributed by atoms with Gasteiger partial charge in [0, 0.05) is 37.5 Å². The number of fused-ring (bicyclic) bond motifs is 1. The molecule has 2 saturated heterocycles. The predicted molar refractivity (Wildman–Crippen MR) is 75.9 cm³/mol. The van der Waals surface area contributed by atoms with E-state index in [0.29, 0.717) is 18.8 Å². The molecule has 112 valence electrons. The number of carbonyl (C=O) groups is 2. The van der Waals surface area contributed by atoms with Crippen LogP contribution < -0.4 is 11.1 Å². The molecule has 0 spiro atoms. The zero-order valence-corrected chi connectivity index (χ0v) is 12.1. The summed E-state index contributed by atoms with van der Waals surface area (Å²) < 4.78 is 0. The molecule has 0 aromatic heterocycles. The van der Waals surface area contributed by atoms with Gasteiger partial charge in [0.25, 0.3) is 0 Å². The lowest BCUT2D eigenvalue weighted by Gasteiger charge is -2.42. The molecule has 0 bridgehead atoms. The fraction of sp³-hybridized carbons (Fsp3) is 0.867. The summed E-state index contributed by atoms with van der Waals surface area (Å²) in [6.45, 7) is 1.55. The Hall–Kier alpha value is -1.10. The summed E-state index contributed by atoms with van der Waals surface area (Å²) in [6.07, 6.45) is 7.17. The summed E-state index contributed by atoms with van der Waals surface area (Å²) in [5.74, 6) is 0.811. The molecule has 0 radical (unpaired) electrons. The third kappa shape index (κ3) is 2.82. The van der Waals surface area contributed by atoms with Crippen LogP contribution in [0.25, 0.3) is 0 Å². The van der Waals surface area contributed by atoms with Crippen LogP contribution in [0.3, 0.4) is 0 Å². The first-order chi connectivity index (χ1) is 9.56. The lowest BCUT2D eigenvalue weighted by atomic mass is 9.84. The molecule has 1 aliphatic carbocycles. The lowest BCUT2D eigenvalue weighted by Crippen LogP contribution is -2.56. The fourth-order valence-corrected chi connectivity index (χ4v) is 4.01. The Morgan fingerprint density at radius 3 is 2.85 bits per heavy atom. The second-order valence-electron chi connectivity index (χ2n) is 6.85. The van der Waals surface area contributed by atoms with Crippen LogP contribution in [0.4, 0.5) is 0 Å². The highest BCUT2D eigenvalue weighted by atomic mass is 16.2. The first-order valence-corrected chi connectivity index (χ1v) is 7.92. The normalized spacial score (nSPS) is 32.6. The third-order valence-corrected chi connectivity index (χ3v) is 5.28. The van der Waals surface area contributed by atoms with E-state index in [-0.39, 0.29) is 23.4 Å². The SMILES string of the molecule is NC1(CC(=O)N2CCC3NC(=O)CCC3C2)CCCC1. The van der Waals surface area contributed by atoms with Crippen molar-refractivity contribution in [2.24, 2.45) is 11.7 Å². The van der Waals surface area contributed by atoms with E-state index >= 15 is 0 Å². The van der Waals surface area contributed by atoms with Gasteiger partial charge < -0.3 is 16.0 Å². The van der Waals surface area contributed by atoms with Gasteiger partial charge in [-0.05, 0) is 31.6 Å². The zero-order chi connectivity index (χ0) is 14.2. The van der Waals surface area contributed by atoms with E-state index in [4.69, 9.17) is 5.73 Å². The van der Waals surface area contributed by atoms with Gasteiger partial charge in [0.15, 0.2) is 0 Å². The number of carbonyl (C=O) groups excluding carboxylic acids is 2. The molecule has 3 N–H and O–H groups in total. The summed E-state index contributed by atoms with van der Waals surface area (Å²) >= 11 is 0. The van der Waals surface area contributed by atoms with E-state index in [2.05, 4.69) is 5.32 Å². The first-order valence-electron chi connectivity index (χ1n) is 7.92. The number of piperidine rings is 2. The van der Waals surface area contributed by atoms with Crippen molar-refractivity contribution in [1.82, 2.24) is 10.2 Å². The molecule has 2 heterocycles. The van der Waals surface area contributed by atoms with E-state index in [1.54, 1.807) is 0 Å². The number of nitrogens with two attached hydrogens (primary N) is 1. The highest BCUT2D eigenvalue weighted by molar-refractivity contribution is 5.79. The van der Waals surface area contributed by atoms with Gasteiger partial charge in [-0.2, -0.15) is 0 Å². The molecule has 2 atom stereocenters. The smallest absolute Gasteiger partial charge is 0.224 e. The second-order valence-corrected chi connectivity index (χ2v) is 6.85. The van der Waals surface area contributed by atoms with E-state index < -0.39 is 0 Å². The van der Waals surface area contributed by atoms with Crippen molar-refractivity contribution in [2.45, 2.75) is 62.9 Å². The standard InChI is InChI=1S/C15H25N3O2/c16-15(6-1-2-7-15)9-14(20)18-8-5-12-11(10-18)3-4-13(19)17-12/h11-12H,1-10,16H2,(H,17,19). The number of hydrogen-bond acceptors (Lipinski definition) is 3. The van der Waals surface area contributed by atoms with Crippen molar-refractivity contribution in [1.29, 1.82) is 0 Å². The van der Waals surface area contributed by atoms with Gasteiger partial charge in [0.1, 0.15) is 0 Å². The van der Waals surface area contributed by atoms with Gasteiger partial charge in [-0.15, -0.1) is 0 Å². The van der Waals surface area contributed by atoms with Gasteiger partial charge in [0.05, 0.1) is 0 Å². The molecule has 5 nitrogen and oxygen atoms in total. The maximum absolute atomic E-state index is 12.5. The highest BCUT2D eigenvalue weighted by Crippen LogP contribution is 2.32. The molecule has 20 heavy (non-hydrogen) atoms. The molecule has 0 aromatic rings. The van der Waals surface area contributed by atoms with E-state index in [0.717, 1.165) is 51.6 Å². The van der Waals surface area contributed by atoms with Crippen LogP contribution in [-0.2, 0) is 9.59 Å². The Kier molecular flexibility index (Phi) is 3.71. The second kappa shape index (κ2) is 5.35. The Morgan fingerprint density at radius 1 is 1.35 bits per heavy atom. The van der Waals surface area contributed by atoms with Gasteiger partial charge >= 0.3 is 0 Å². The molecule has 2 amide bonds. The quantitative estimate of drug-likeness (QED) is 0.784. The fourth-order valence-electron chi connectivity index (χ4n) is 4.01. The van der Waals surface area contributed by atoms with Crippen molar-refractivity contribution in [3.8, 4) is 0 Å². The average molecular weight is 279 g/mol. The molecule has 3 aliphatic rings. The van der Waals surface area contributed by atoms with Gasteiger partial charge in [0.2, 0.25) is 11.8 Å². The molecule has 0 aromatic carbocycles. The number of likely N-dealkylation sites (tertiary alicyclic amines) is 1. The summed E-state index contributed by atoms with van der Waals surface area (Å²) in [5.41, 5.74) is 6.06. The van der Waals surface area contributed by atoms with Crippen molar-refractivity contribution in [2.75, 3.05) is 13.1 Å². The summed E-state index contributed by atoms with van der Waals surface area (Å²) in [6, 6.07) is 0.276. The first kappa shape index (κ1) is 13.9. The Balaban J connectivity index is 1.56. The number of rotatable bonds is 2. The minimum atomic E-state index is -0.255. The number of nitrogens with zero attached hydrogens (tertiary/aromatic N) is 1. The molecule has 3 rings (SSSR count). The van der Waals surface area contributed by atoms with Gasteiger partial charge in [-0.3, -0.25) is 9.59 Å². The summed E-state index contributed by atoms with van der Waals surface area (Å²) in [5, 5.41) is 3.06. The molecule has 2 aliphatic heterocycles. The molecular formula is C15H25N3O2. The minimum absolute atomic E-state index is 0.165. The van der Waals surface area contributed by atoms with Crippen LogP contribution in [0.2, 0.25) is 0 Å². The number of amides is 2. The molecule has 2 unspecified atom stereocenters. The van der Waals surface area contributed by atoms with Crippen LogP contribution in [0, 0.1) is 5.92 Å². The number of hydrogen-bond donors (Lipinski definition) is 2. The average Bonchev–Trinajstić information content (AvgIpc) is 2.84. The van der Waals surface area contributed by atoms with E-state index in [1.807, 2.05) is 4.90 Å².